The second-order valence-corrected chi connectivity index (χ2v) is 6.71. The topological polar surface area (TPSA) is 58.0 Å². The molecule has 0 atom stereocenters. The summed E-state index contributed by atoms with van der Waals surface area (Å²) in [4.78, 5) is 10.6. The second kappa shape index (κ2) is 6.24. The Bertz CT molecular complexity index is 587. The van der Waals surface area contributed by atoms with Crippen LogP contribution in [0.15, 0.2) is 6.07 Å². The van der Waals surface area contributed by atoms with Gasteiger partial charge in [-0.05, 0) is 37.4 Å². The third-order valence-corrected chi connectivity index (χ3v) is 5.07. The van der Waals surface area contributed by atoms with E-state index in [1.807, 2.05) is 6.92 Å². The predicted molar refractivity (Wildman–Crippen MR) is 85.8 cm³/mol. The molecule has 0 spiro atoms. The van der Waals surface area contributed by atoms with Gasteiger partial charge in [-0.1, -0.05) is 13.8 Å². The van der Waals surface area contributed by atoms with Gasteiger partial charge in [0.25, 0.3) is 0 Å². The van der Waals surface area contributed by atoms with Crippen LogP contribution in [0.5, 0.6) is 0 Å². The standard InChI is InChI=1S/C14H20ClN3OS/c1-4-14(5-2,8-19)7-16-11-10-6-9(3)20-12(10)18-13(15)17-11/h6,19H,4-5,7-8H2,1-3H3,(H,16,17,18). The van der Waals surface area contributed by atoms with Crippen LogP contribution in [0.2, 0.25) is 5.28 Å². The fourth-order valence-electron chi connectivity index (χ4n) is 2.20. The van der Waals surface area contributed by atoms with Crippen molar-refractivity contribution in [3.8, 4) is 0 Å². The van der Waals surface area contributed by atoms with E-state index in [0.29, 0.717) is 6.54 Å². The lowest BCUT2D eigenvalue weighted by atomic mass is 9.83. The molecule has 4 nitrogen and oxygen atoms in total. The molecule has 0 fully saturated rings. The SMILES string of the molecule is CCC(CC)(CO)CNc1nc(Cl)nc2sc(C)cc12. The predicted octanol–water partition coefficient (Wildman–Crippen LogP) is 3.86. The van der Waals surface area contributed by atoms with Crippen molar-refractivity contribution in [2.45, 2.75) is 33.6 Å². The number of anilines is 1. The molecule has 0 saturated heterocycles. The fourth-order valence-corrected chi connectivity index (χ4v) is 3.30. The fraction of sp³-hybridized carbons (Fsp3) is 0.571. The highest BCUT2D eigenvalue weighted by Crippen LogP contribution is 2.31. The molecule has 0 radical (unpaired) electrons. The van der Waals surface area contributed by atoms with Crippen molar-refractivity contribution in [3.05, 3.63) is 16.2 Å². The van der Waals surface area contributed by atoms with E-state index in [9.17, 15) is 5.11 Å². The highest BCUT2D eigenvalue weighted by Gasteiger charge is 2.25. The first-order valence-corrected chi connectivity index (χ1v) is 8.01. The minimum Gasteiger partial charge on any atom is -0.396 e. The summed E-state index contributed by atoms with van der Waals surface area (Å²) in [5.41, 5.74) is -0.116. The Kier molecular flexibility index (Phi) is 4.83. The zero-order chi connectivity index (χ0) is 14.8. The Balaban J connectivity index is 2.29. The molecule has 2 heterocycles. The number of aliphatic hydroxyl groups is 1. The summed E-state index contributed by atoms with van der Waals surface area (Å²) in [5.74, 6) is 0.754. The van der Waals surface area contributed by atoms with Gasteiger partial charge in [0.2, 0.25) is 5.28 Å². The monoisotopic (exact) mass is 313 g/mol. The van der Waals surface area contributed by atoms with Crippen LogP contribution in [-0.2, 0) is 0 Å². The molecule has 0 saturated carbocycles. The second-order valence-electron chi connectivity index (χ2n) is 5.14. The number of aliphatic hydroxyl groups excluding tert-OH is 1. The summed E-state index contributed by atoms with van der Waals surface area (Å²) < 4.78 is 0. The first-order chi connectivity index (χ1) is 9.53. The summed E-state index contributed by atoms with van der Waals surface area (Å²) in [5, 5.41) is 14.2. The van der Waals surface area contributed by atoms with E-state index in [2.05, 4.69) is 35.2 Å². The molecule has 2 rings (SSSR count). The number of rotatable bonds is 6. The van der Waals surface area contributed by atoms with E-state index >= 15 is 0 Å². The van der Waals surface area contributed by atoms with Gasteiger partial charge in [0.15, 0.2) is 0 Å². The largest absolute Gasteiger partial charge is 0.396 e. The zero-order valence-electron chi connectivity index (χ0n) is 12.0. The molecule has 6 heteroatoms. The van der Waals surface area contributed by atoms with Gasteiger partial charge < -0.3 is 10.4 Å². The Morgan fingerprint density at radius 2 is 2.05 bits per heavy atom. The van der Waals surface area contributed by atoms with Crippen LogP contribution in [0.3, 0.4) is 0 Å². The molecule has 0 aliphatic rings. The molecule has 20 heavy (non-hydrogen) atoms. The molecule has 2 aromatic rings. The Labute approximate surface area is 128 Å². The van der Waals surface area contributed by atoms with Crippen molar-refractivity contribution in [3.63, 3.8) is 0 Å². The molecular formula is C14H20ClN3OS. The van der Waals surface area contributed by atoms with Gasteiger partial charge in [-0.25, -0.2) is 9.97 Å². The van der Waals surface area contributed by atoms with Gasteiger partial charge >= 0.3 is 0 Å². The summed E-state index contributed by atoms with van der Waals surface area (Å²) in [6.07, 6.45) is 1.83. The van der Waals surface area contributed by atoms with Crippen molar-refractivity contribution in [2.75, 3.05) is 18.5 Å². The van der Waals surface area contributed by atoms with E-state index in [4.69, 9.17) is 11.6 Å². The van der Waals surface area contributed by atoms with Crippen molar-refractivity contribution >= 4 is 39.0 Å². The lowest BCUT2D eigenvalue weighted by Gasteiger charge is -2.29. The molecule has 0 amide bonds. The van der Waals surface area contributed by atoms with Gasteiger partial charge in [-0.3, -0.25) is 0 Å². The molecule has 0 aliphatic heterocycles. The van der Waals surface area contributed by atoms with Gasteiger partial charge in [-0.2, -0.15) is 0 Å². The number of thiophene rings is 1. The van der Waals surface area contributed by atoms with Gasteiger partial charge in [0.1, 0.15) is 10.6 Å². The lowest BCUT2D eigenvalue weighted by Crippen LogP contribution is -2.32. The summed E-state index contributed by atoms with van der Waals surface area (Å²) in [6, 6.07) is 2.07. The van der Waals surface area contributed by atoms with Crippen LogP contribution in [0.25, 0.3) is 10.2 Å². The van der Waals surface area contributed by atoms with Crippen LogP contribution in [-0.4, -0.2) is 28.2 Å². The maximum Gasteiger partial charge on any atom is 0.225 e. The summed E-state index contributed by atoms with van der Waals surface area (Å²) in [7, 11) is 0. The van der Waals surface area contributed by atoms with Crippen LogP contribution in [0.1, 0.15) is 31.6 Å². The van der Waals surface area contributed by atoms with E-state index in [1.165, 1.54) is 4.88 Å². The minimum absolute atomic E-state index is 0.116. The third-order valence-electron chi connectivity index (χ3n) is 3.95. The van der Waals surface area contributed by atoms with Crippen molar-refractivity contribution < 1.29 is 5.11 Å². The first-order valence-electron chi connectivity index (χ1n) is 6.82. The number of hydrogen-bond donors (Lipinski definition) is 2. The summed E-state index contributed by atoms with van der Waals surface area (Å²) in [6.45, 7) is 7.07. The van der Waals surface area contributed by atoms with E-state index in [0.717, 1.165) is 28.9 Å². The number of nitrogens with one attached hydrogen (secondary N) is 1. The average molecular weight is 314 g/mol. The molecular weight excluding hydrogens is 294 g/mol. The van der Waals surface area contributed by atoms with Gasteiger partial charge in [-0.15, -0.1) is 11.3 Å². The highest BCUT2D eigenvalue weighted by atomic mass is 35.5. The number of fused-ring (bicyclic) bond motifs is 1. The van der Waals surface area contributed by atoms with Gasteiger partial charge in [0, 0.05) is 16.8 Å². The Hall–Kier alpha value is -0.910. The minimum atomic E-state index is -0.116. The van der Waals surface area contributed by atoms with Crippen molar-refractivity contribution in [1.29, 1.82) is 0 Å². The zero-order valence-corrected chi connectivity index (χ0v) is 13.6. The average Bonchev–Trinajstić information content (AvgIpc) is 2.81. The normalized spacial score (nSPS) is 12.1. The van der Waals surface area contributed by atoms with Crippen molar-refractivity contribution in [1.82, 2.24) is 9.97 Å². The third kappa shape index (κ3) is 3.05. The summed E-state index contributed by atoms with van der Waals surface area (Å²) >= 11 is 7.59. The van der Waals surface area contributed by atoms with Crippen LogP contribution in [0.4, 0.5) is 5.82 Å². The maximum atomic E-state index is 9.63. The molecule has 2 N–H and O–H groups in total. The lowest BCUT2D eigenvalue weighted by molar-refractivity contribution is 0.127. The van der Waals surface area contributed by atoms with Gasteiger partial charge in [0.05, 0.1) is 12.0 Å². The molecule has 110 valence electrons. The van der Waals surface area contributed by atoms with Crippen LogP contribution in [0, 0.1) is 12.3 Å². The molecule has 0 bridgehead atoms. The molecule has 0 aliphatic carbocycles. The number of halogens is 1. The Morgan fingerprint density at radius 1 is 1.35 bits per heavy atom. The van der Waals surface area contributed by atoms with Crippen molar-refractivity contribution in [2.24, 2.45) is 5.41 Å². The maximum absolute atomic E-state index is 9.63. The molecule has 0 aromatic carbocycles. The van der Waals surface area contributed by atoms with Crippen LogP contribution >= 0.6 is 22.9 Å². The van der Waals surface area contributed by atoms with Crippen LogP contribution < -0.4 is 5.32 Å². The molecule has 2 aromatic heterocycles. The number of aryl methyl sites for hydroxylation is 1. The quantitative estimate of drug-likeness (QED) is 0.795. The number of nitrogens with zero attached hydrogens (tertiary/aromatic N) is 2. The van der Waals surface area contributed by atoms with E-state index in [-0.39, 0.29) is 17.3 Å². The number of hydrogen-bond acceptors (Lipinski definition) is 5. The Morgan fingerprint density at radius 3 is 2.65 bits per heavy atom. The molecule has 0 unspecified atom stereocenters. The first kappa shape index (κ1) is 15.5. The van der Waals surface area contributed by atoms with E-state index < -0.39 is 0 Å². The smallest absolute Gasteiger partial charge is 0.225 e. The highest BCUT2D eigenvalue weighted by molar-refractivity contribution is 7.18. The van der Waals surface area contributed by atoms with E-state index in [1.54, 1.807) is 11.3 Å². The number of aromatic nitrogens is 2.